The van der Waals surface area contributed by atoms with Gasteiger partial charge in [-0.1, -0.05) is 13.2 Å². The highest BCUT2D eigenvalue weighted by Crippen LogP contribution is 2.30. The topological polar surface area (TPSA) is 82.1 Å². The van der Waals surface area contributed by atoms with Gasteiger partial charge in [-0.25, -0.2) is 0 Å². The van der Waals surface area contributed by atoms with Crippen molar-refractivity contribution < 1.29 is 28.9 Å². The molecular formula is C22H28O6. The summed E-state index contributed by atoms with van der Waals surface area (Å²) in [6.07, 6.45) is 5.43. The molecule has 0 atom stereocenters. The molecule has 0 aliphatic heterocycles. The Kier molecular flexibility index (Phi) is 8.59. The van der Waals surface area contributed by atoms with E-state index in [1.807, 2.05) is 0 Å². The molecule has 0 radical (unpaired) electrons. The van der Waals surface area contributed by atoms with Gasteiger partial charge in [-0.2, -0.15) is 0 Å². The molecule has 152 valence electrons. The highest BCUT2D eigenvalue weighted by molar-refractivity contribution is 5.76. The molecule has 0 saturated heterocycles. The van der Waals surface area contributed by atoms with E-state index in [0.717, 1.165) is 12.8 Å². The minimum absolute atomic E-state index is 0.231. The monoisotopic (exact) mass is 388 g/mol. The fourth-order valence-electron chi connectivity index (χ4n) is 3.04. The SMILES string of the molecule is C=CC(=C)OCCCCOc1ccc(OC(=O)C2CCC(C(=O)O)CC2)cc1. The Bertz CT molecular complexity index is 671. The minimum atomic E-state index is -0.780. The first-order valence-electron chi connectivity index (χ1n) is 9.61. The van der Waals surface area contributed by atoms with Crippen LogP contribution in [0.5, 0.6) is 11.5 Å². The molecule has 1 saturated carbocycles. The lowest BCUT2D eigenvalue weighted by atomic mass is 9.82. The number of carbonyl (C=O) groups is 2. The first kappa shape index (κ1) is 21.5. The lowest BCUT2D eigenvalue weighted by molar-refractivity contribution is -0.146. The Hall–Kier alpha value is -2.76. The zero-order valence-electron chi connectivity index (χ0n) is 16.1. The molecule has 0 amide bonds. The predicted molar refractivity (Wildman–Crippen MR) is 105 cm³/mol. The van der Waals surface area contributed by atoms with Gasteiger partial charge in [0.05, 0.1) is 25.0 Å². The summed E-state index contributed by atoms with van der Waals surface area (Å²) in [5.74, 6) is 0.0998. The van der Waals surface area contributed by atoms with E-state index in [9.17, 15) is 9.59 Å². The first-order valence-corrected chi connectivity index (χ1v) is 9.61. The number of carboxylic acids is 1. The maximum atomic E-state index is 12.2. The van der Waals surface area contributed by atoms with Gasteiger partial charge in [0, 0.05) is 0 Å². The van der Waals surface area contributed by atoms with E-state index in [-0.39, 0.29) is 17.8 Å². The summed E-state index contributed by atoms with van der Waals surface area (Å²) in [6, 6.07) is 6.93. The van der Waals surface area contributed by atoms with Crippen molar-refractivity contribution in [3.8, 4) is 11.5 Å². The summed E-state index contributed by atoms with van der Waals surface area (Å²) in [6.45, 7) is 8.40. The van der Waals surface area contributed by atoms with Crippen LogP contribution in [0.2, 0.25) is 0 Å². The lowest BCUT2D eigenvalue weighted by Gasteiger charge is -2.24. The number of aliphatic carboxylic acids is 1. The van der Waals surface area contributed by atoms with Crippen molar-refractivity contribution in [2.45, 2.75) is 38.5 Å². The third-order valence-electron chi connectivity index (χ3n) is 4.77. The summed E-state index contributed by atoms with van der Waals surface area (Å²) >= 11 is 0. The summed E-state index contributed by atoms with van der Waals surface area (Å²) in [7, 11) is 0. The second-order valence-electron chi connectivity index (χ2n) is 6.85. The zero-order chi connectivity index (χ0) is 20.4. The van der Waals surface area contributed by atoms with Crippen molar-refractivity contribution in [2.75, 3.05) is 13.2 Å². The summed E-state index contributed by atoms with van der Waals surface area (Å²) in [5, 5.41) is 9.02. The van der Waals surface area contributed by atoms with E-state index in [1.165, 1.54) is 0 Å². The van der Waals surface area contributed by atoms with E-state index >= 15 is 0 Å². The fraction of sp³-hybridized carbons (Fsp3) is 0.455. The van der Waals surface area contributed by atoms with Crippen molar-refractivity contribution in [1.82, 2.24) is 0 Å². The summed E-state index contributed by atoms with van der Waals surface area (Å²) in [4.78, 5) is 23.2. The largest absolute Gasteiger partial charge is 0.494 e. The lowest BCUT2D eigenvalue weighted by Crippen LogP contribution is -2.28. The van der Waals surface area contributed by atoms with Crippen LogP contribution in [0.15, 0.2) is 49.3 Å². The summed E-state index contributed by atoms with van der Waals surface area (Å²) in [5.41, 5.74) is 0. The van der Waals surface area contributed by atoms with E-state index in [1.54, 1.807) is 30.3 Å². The molecule has 6 nitrogen and oxygen atoms in total. The molecule has 1 aliphatic carbocycles. The summed E-state index contributed by atoms with van der Waals surface area (Å²) < 4.78 is 16.4. The molecule has 0 heterocycles. The molecular weight excluding hydrogens is 360 g/mol. The van der Waals surface area contributed by atoms with Gasteiger partial charge in [0.25, 0.3) is 0 Å². The fourth-order valence-corrected chi connectivity index (χ4v) is 3.04. The Morgan fingerprint density at radius 2 is 1.57 bits per heavy atom. The molecule has 0 unspecified atom stereocenters. The van der Waals surface area contributed by atoms with Gasteiger partial charge < -0.3 is 19.3 Å². The number of rotatable bonds is 11. The Morgan fingerprint density at radius 3 is 2.18 bits per heavy atom. The van der Waals surface area contributed by atoms with Crippen LogP contribution >= 0.6 is 0 Å². The number of esters is 1. The van der Waals surface area contributed by atoms with Crippen molar-refractivity contribution in [3.63, 3.8) is 0 Å². The van der Waals surface area contributed by atoms with Gasteiger partial charge in [0.15, 0.2) is 0 Å². The van der Waals surface area contributed by atoms with Gasteiger partial charge in [0.1, 0.15) is 17.3 Å². The maximum Gasteiger partial charge on any atom is 0.314 e. The number of hydrogen-bond donors (Lipinski definition) is 1. The number of carbonyl (C=O) groups excluding carboxylic acids is 1. The van der Waals surface area contributed by atoms with Crippen LogP contribution in [-0.2, 0) is 14.3 Å². The molecule has 1 aromatic carbocycles. The van der Waals surface area contributed by atoms with Crippen molar-refractivity contribution in [2.24, 2.45) is 11.8 Å². The normalized spacial score (nSPS) is 18.7. The number of benzene rings is 1. The number of ether oxygens (including phenoxy) is 3. The van der Waals surface area contributed by atoms with Crippen LogP contribution in [0.25, 0.3) is 0 Å². The van der Waals surface area contributed by atoms with Gasteiger partial charge >= 0.3 is 11.9 Å². The number of hydrogen-bond acceptors (Lipinski definition) is 5. The third kappa shape index (κ3) is 7.10. The van der Waals surface area contributed by atoms with E-state index in [4.69, 9.17) is 19.3 Å². The quantitative estimate of drug-likeness (QED) is 0.199. The predicted octanol–water partition coefficient (Wildman–Crippen LogP) is 4.36. The first-order chi connectivity index (χ1) is 13.5. The van der Waals surface area contributed by atoms with Crippen LogP contribution in [0.3, 0.4) is 0 Å². The standard InChI is InChI=1S/C22H28O6/c1-3-16(2)26-14-4-5-15-27-19-10-12-20(13-11-19)28-22(25)18-8-6-17(7-9-18)21(23)24/h3,10-13,17-18H,1-2,4-9,14-15H2,(H,23,24). The molecule has 28 heavy (non-hydrogen) atoms. The van der Waals surface area contributed by atoms with Gasteiger partial charge in [-0.3, -0.25) is 9.59 Å². The molecule has 0 spiro atoms. The molecule has 1 N–H and O–H groups in total. The maximum absolute atomic E-state index is 12.2. The van der Waals surface area contributed by atoms with Crippen molar-refractivity contribution in [3.05, 3.63) is 49.3 Å². The number of allylic oxidation sites excluding steroid dienone is 1. The third-order valence-corrected chi connectivity index (χ3v) is 4.77. The Labute approximate surface area is 165 Å². The average molecular weight is 388 g/mol. The van der Waals surface area contributed by atoms with E-state index < -0.39 is 5.97 Å². The van der Waals surface area contributed by atoms with Gasteiger partial charge in [-0.05, 0) is 68.9 Å². The highest BCUT2D eigenvalue weighted by Gasteiger charge is 2.30. The second kappa shape index (κ2) is 11.2. The highest BCUT2D eigenvalue weighted by atomic mass is 16.5. The van der Waals surface area contributed by atoms with Crippen LogP contribution in [0.4, 0.5) is 0 Å². The molecule has 0 aromatic heterocycles. The van der Waals surface area contributed by atoms with Gasteiger partial charge in [-0.15, -0.1) is 0 Å². The number of carboxylic acid groups (broad SMARTS) is 1. The van der Waals surface area contributed by atoms with Crippen LogP contribution in [0.1, 0.15) is 38.5 Å². The van der Waals surface area contributed by atoms with Crippen molar-refractivity contribution in [1.29, 1.82) is 0 Å². The number of unbranched alkanes of at least 4 members (excludes halogenated alkanes) is 1. The zero-order valence-corrected chi connectivity index (χ0v) is 16.1. The molecule has 1 aromatic rings. The Balaban J connectivity index is 1.66. The molecule has 2 rings (SSSR count). The second-order valence-corrected chi connectivity index (χ2v) is 6.85. The average Bonchev–Trinajstić information content (AvgIpc) is 2.71. The van der Waals surface area contributed by atoms with E-state index in [2.05, 4.69) is 13.2 Å². The molecule has 1 aliphatic rings. The molecule has 6 heteroatoms. The Morgan fingerprint density at radius 1 is 1.00 bits per heavy atom. The van der Waals surface area contributed by atoms with E-state index in [0.29, 0.717) is 56.2 Å². The van der Waals surface area contributed by atoms with Gasteiger partial charge in [0.2, 0.25) is 0 Å². The van der Waals surface area contributed by atoms with Crippen LogP contribution < -0.4 is 9.47 Å². The minimum Gasteiger partial charge on any atom is -0.494 e. The van der Waals surface area contributed by atoms with Crippen LogP contribution in [0, 0.1) is 11.8 Å². The molecule has 1 fully saturated rings. The van der Waals surface area contributed by atoms with Crippen LogP contribution in [-0.4, -0.2) is 30.3 Å². The van der Waals surface area contributed by atoms with Crippen molar-refractivity contribution >= 4 is 11.9 Å². The molecule has 0 bridgehead atoms. The smallest absolute Gasteiger partial charge is 0.314 e.